The van der Waals surface area contributed by atoms with Gasteiger partial charge in [0.15, 0.2) is 0 Å². The summed E-state index contributed by atoms with van der Waals surface area (Å²) < 4.78 is 5.22. The van der Waals surface area contributed by atoms with E-state index in [-0.39, 0.29) is 12.1 Å². The first-order chi connectivity index (χ1) is 9.31. The highest BCUT2D eigenvalue weighted by molar-refractivity contribution is 7.10. The zero-order valence-corrected chi connectivity index (χ0v) is 13.8. The molecule has 1 aromatic heterocycles. The molecule has 114 valence electrons. The molecule has 5 heteroatoms. The predicted molar refractivity (Wildman–Crippen MR) is 84.2 cm³/mol. The van der Waals surface area contributed by atoms with Gasteiger partial charge in [-0.05, 0) is 45.6 Å². The Morgan fingerprint density at radius 2 is 2.15 bits per heavy atom. The van der Waals surface area contributed by atoms with Gasteiger partial charge in [-0.15, -0.1) is 11.3 Å². The van der Waals surface area contributed by atoms with Crippen molar-refractivity contribution in [2.45, 2.75) is 58.7 Å². The third-order valence-electron chi connectivity index (χ3n) is 2.73. The Bertz CT molecular complexity index is 399. The summed E-state index contributed by atoms with van der Waals surface area (Å²) in [4.78, 5) is 12.9. The maximum Gasteiger partial charge on any atom is 0.407 e. The predicted octanol–water partition coefficient (Wildman–Crippen LogP) is 3.70. The highest BCUT2D eigenvalue weighted by Gasteiger charge is 2.17. The largest absolute Gasteiger partial charge is 0.444 e. The summed E-state index contributed by atoms with van der Waals surface area (Å²) in [5.74, 6) is 0. The van der Waals surface area contributed by atoms with Crippen molar-refractivity contribution in [1.82, 2.24) is 10.6 Å². The maximum absolute atomic E-state index is 11.6. The van der Waals surface area contributed by atoms with Crippen molar-refractivity contribution >= 4 is 17.4 Å². The van der Waals surface area contributed by atoms with Crippen LogP contribution < -0.4 is 10.6 Å². The Morgan fingerprint density at radius 1 is 1.45 bits per heavy atom. The second-order valence-electron chi connectivity index (χ2n) is 5.93. The van der Waals surface area contributed by atoms with E-state index in [9.17, 15) is 4.79 Å². The molecule has 1 amide bonds. The fourth-order valence-electron chi connectivity index (χ4n) is 1.84. The van der Waals surface area contributed by atoms with E-state index in [1.807, 2.05) is 20.8 Å². The number of alkyl carbamates (subject to hydrolysis) is 1. The zero-order valence-electron chi connectivity index (χ0n) is 13.0. The summed E-state index contributed by atoms with van der Waals surface area (Å²) in [6.45, 7) is 10.4. The number of rotatable bonds is 6. The molecular weight excluding hydrogens is 272 g/mol. The van der Waals surface area contributed by atoms with Crippen molar-refractivity contribution in [1.29, 1.82) is 0 Å². The number of hydrogen-bond donors (Lipinski definition) is 2. The van der Waals surface area contributed by atoms with Gasteiger partial charge in [0.25, 0.3) is 0 Å². The number of thiophene rings is 1. The van der Waals surface area contributed by atoms with Crippen LogP contribution in [0.3, 0.4) is 0 Å². The molecule has 20 heavy (non-hydrogen) atoms. The van der Waals surface area contributed by atoms with Crippen LogP contribution in [0.15, 0.2) is 17.5 Å². The minimum atomic E-state index is -0.455. The van der Waals surface area contributed by atoms with E-state index in [4.69, 9.17) is 4.74 Å². The summed E-state index contributed by atoms with van der Waals surface area (Å²) in [7, 11) is 0. The quantitative estimate of drug-likeness (QED) is 0.842. The summed E-state index contributed by atoms with van der Waals surface area (Å²) in [5.41, 5.74) is -0.455. The summed E-state index contributed by atoms with van der Waals surface area (Å²) >= 11 is 1.76. The minimum absolute atomic E-state index is 0.189. The molecule has 0 saturated heterocycles. The molecule has 1 aromatic rings. The molecule has 0 aliphatic heterocycles. The number of carbonyl (C=O) groups excluding carboxylic acids is 1. The molecule has 2 unspecified atom stereocenters. The van der Waals surface area contributed by atoms with Crippen molar-refractivity contribution in [2.24, 2.45) is 0 Å². The molecule has 0 radical (unpaired) electrons. The SMILES string of the molecule is CCC(NC(C)CNC(=O)OC(C)(C)C)c1cccs1. The summed E-state index contributed by atoms with van der Waals surface area (Å²) in [6, 6.07) is 4.73. The van der Waals surface area contributed by atoms with Crippen LogP contribution in [-0.4, -0.2) is 24.3 Å². The van der Waals surface area contributed by atoms with E-state index in [0.29, 0.717) is 12.6 Å². The lowest BCUT2D eigenvalue weighted by molar-refractivity contribution is 0.0522. The van der Waals surface area contributed by atoms with Gasteiger partial charge >= 0.3 is 6.09 Å². The first-order valence-electron chi connectivity index (χ1n) is 7.08. The molecule has 2 atom stereocenters. The van der Waals surface area contributed by atoms with Crippen molar-refractivity contribution in [3.05, 3.63) is 22.4 Å². The highest BCUT2D eigenvalue weighted by atomic mass is 32.1. The Hall–Kier alpha value is -1.07. The minimum Gasteiger partial charge on any atom is -0.444 e. The van der Waals surface area contributed by atoms with Crippen LogP contribution in [0.25, 0.3) is 0 Å². The number of amides is 1. The van der Waals surface area contributed by atoms with Gasteiger partial charge in [0.05, 0.1) is 0 Å². The molecule has 4 nitrogen and oxygen atoms in total. The van der Waals surface area contributed by atoms with Crippen LogP contribution in [-0.2, 0) is 4.74 Å². The summed E-state index contributed by atoms with van der Waals surface area (Å²) in [6.07, 6.45) is 0.660. The lowest BCUT2D eigenvalue weighted by atomic mass is 10.1. The van der Waals surface area contributed by atoms with Gasteiger partial charge in [-0.2, -0.15) is 0 Å². The smallest absolute Gasteiger partial charge is 0.407 e. The van der Waals surface area contributed by atoms with E-state index in [1.54, 1.807) is 11.3 Å². The maximum atomic E-state index is 11.6. The van der Waals surface area contributed by atoms with E-state index >= 15 is 0 Å². The normalized spacial score (nSPS) is 14.7. The van der Waals surface area contributed by atoms with Crippen LogP contribution in [0.5, 0.6) is 0 Å². The van der Waals surface area contributed by atoms with Crippen LogP contribution in [0.1, 0.15) is 52.0 Å². The third kappa shape index (κ3) is 6.39. The van der Waals surface area contributed by atoms with Crippen LogP contribution in [0, 0.1) is 0 Å². The first kappa shape index (κ1) is 17.0. The molecule has 0 saturated carbocycles. The molecule has 0 spiro atoms. The number of nitrogens with one attached hydrogen (secondary N) is 2. The topological polar surface area (TPSA) is 50.4 Å². The molecule has 0 aliphatic carbocycles. The molecule has 1 heterocycles. The highest BCUT2D eigenvalue weighted by Crippen LogP contribution is 2.21. The fraction of sp³-hybridized carbons (Fsp3) is 0.667. The standard InChI is InChI=1S/C15H26N2O2S/c1-6-12(13-8-7-9-20-13)17-11(2)10-16-14(18)19-15(3,4)5/h7-9,11-12,17H,6,10H2,1-5H3,(H,16,18). The van der Waals surface area contributed by atoms with Crippen molar-refractivity contribution in [3.63, 3.8) is 0 Å². The van der Waals surface area contributed by atoms with E-state index in [0.717, 1.165) is 6.42 Å². The molecule has 1 rings (SSSR count). The van der Waals surface area contributed by atoms with Gasteiger partial charge in [0.1, 0.15) is 5.60 Å². The molecule has 0 fully saturated rings. The molecule has 2 N–H and O–H groups in total. The van der Waals surface area contributed by atoms with E-state index in [1.165, 1.54) is 4.88 Å². The molecule has 0 aliphatic rings. The third-order valence-corrected chi connectivity index (χ3v) is 3.72. The van der Waals surface area contributed by atoms with Crippen molar-refractivity contribution in [3.8, 4) is 0 Å². The number of carbonyl (C=O) groups is 1. The van der Waals surface area contributed by atoms with Crippen LogP contribution >= 0.6 is 11.3 Å². The van der Waals surface area contributed by atoms with Gasteiger partial charge in [-0.1, -0.05) is 13.0 Å². The average molecular weight is 298 g/mol. The Labute approximate surface area is 125 Å². The van der Waals surface area contributed by atoms with Crippen molar-refractivity contribution < 1.29 is 9.53 Å². The molecule has 0 bridgehead atoms. The first-order valence-corrected chi connectivity index (χ1v) is 7.96. The lowest BCUT2D eigenvalue weighted by Crippen LogP contribution is -2.42. The fourth-order valence-corrected chi connectivity index (χ4v) is 2.71. The van der Waals surface area contributed by atoms with Gasteiger partial charge in [-0.25, -0.2) is 4.79 Å². The second-order valence-corrected chi connectivity index (χ2v) is 6.91. The van der Waals surface area contributed by atoms with Gasteiger partial charge in [0.2, 0.25) is 0 Å². The monoisotopic (exact) mass is 298 g/mol. The summed E-state index contributed by atoms with van der Waals surface area (Å²) in [5, 5.41) is 8.41. The van der Waals surface area contributed by atoms with Gasteiger partial charge in [-0.3, -0.25) is 0 Å². The van der Waals surface area contributed by atoms with Gasteiger partial charge in [0, 0.05) is 23.5 Å². The number of hydrogen-bond acceptors (Lipinski definition) is 4. The van der Waals surface area contributed by atoms with E-state index < -0.39 is 5.60 Å². The van der Waals surface area contributed by atoms with Crippen LogP contribution in [0.2, 0.25) is 0 Å². The van der Waals surface area contributed by atoms with Crippen molar-refractivity contribution in [2.75, 3.05) is 6.54 Å². The van der Waals surface area contributed by atoms with E-state index in [2.05, 4.69) is 42.0 Å². The van der Waals surface area contributed by atoms with Crippen LogP contribution in [0.4, 0.5) is 4.79 Å². The number of ether oxygens (including phenoxy) is 1. The molecular formula is C15H26N2O2S. The van der Waals surface area contributed by atoms with Gasteiger partial charge < -0.3 is 15.4 Å². The second kappa shape index (κ2) is 7.64. The Morgan fingerprint density at radius 3 is 2.65 bits per heavy atom. The Balaban J connectivity index is 2.36. The molecule has 0 aromatic carbocycles. The lowest BCUT2D eigenvalue weighted by Gasteiger charge is -2.23. The zero-order chi connectivity index (χ0) is 15.2. The Kier molecular flexibility index (Phi) is 6.49. The average Bonchev–Trinajstić information content (AvgIpc) is 2.85.